The lowest BCUT2D eigenvalue weighted by Crippen LogP contribution is -2.49. The lowest BCUT2D eigenvalue weighted by molar-refractivity contribution is -0.120. The summed E-state index contributed by atoms with van der Waals surface area (Å²) in [5.41, 5.74) is 1.94. The van der Waals surface area contributed by atoms with Gasteiger partial charge in [0, 0.05) is 17.8 Å². The summed E-state index contributed by atoms with van der Waals surface area (Å²) in [6.07, 6.45) is 1.96. The molecule has 0 radical (unpaired) electrons. The Balaban J connectivity index is 1.84. The summed E-state index contributed by atoms with van der Waals surface area (Å²) in [5, 5.41) is 2.77. The van der Waals surface area contributed by atoms with E-state index in [1.807, 2.05) is 6.92 Å². The van der Waals surface area contributed by atoms with Gasteiger partial charge in [-0.25, -0.2) is 8.42 Å². The number of hydrogen-bond donors (Lipinski definition) is 1. The summed E-state index contributed by atoms with van der Waals surface area (Å²) in [7, 11) is -3.77. The largest absolute Gasteiger partial charge is 0.325 e. The molecule has 2 aromatic carbocycles. The van der Waals surface area contributed by atoms with Crippen LogP contribution >= 0.6 is 0 Å². The van der Waals surface area contributed by atoms with Crippen LogP contribution in [0.15, 0.2) is 53.4 Å². The van der Waals surface area contributed by atoms with E-state index < -0.39 is 16.1 Å². The van der Waals surface area contributed by atoms with Crippen molar-refractivity contribution in [2.24, 2.45) is 0 Å². The average Bonchev–Trinajstić information content (AvgIpc) is 2.68. The van der Waals surface area contributed by atoms with Gasteiger partial charge in [0.1, 0.15) is 6.04 Å². The van der Waals surface area contributed by atoms with Crippen LogP contribution in [0.1, 0.15) is 42.1 Å². The number of nitrogens with one attached hydrogen (secondary N) is 1. The average molecular weight is 401 g/mol. The minimum Gasteiger partial charge on any atom is -0.325 e. The number of sulfonamides is 1. The zero-order chi connectivity index (χ0) is 20.3. The van der Waals surface area contributed by atoms with Gasteiger partial charge in [-0.3, -0.25) is 9.59 Å². The number of ketones is 1. The number of Topliss-reactive ketones (excluding diaryl/α,β-unsaturated/α-hetero) is 1. The summed E-state index contributed by atoms with van der Waals surface area (Å²) < 4.78 is 27.5. The van der Waals surface area contributed by atoms with Gasteiger partial charge in [-0.1, -0.05) is 36.2 Å². The summed E-state index contributed by atoms with van der Waals surface area (Å²) in [6.45, 7) is 3.66. The standard InChI is InChI=1S/C21H24N2O4S/c1-15-9-11-19(12-10-15)28(26,27)23-13-4-3-8-20(23)21(25)22-18-7-5-6-17(14-18)16(2)24/h5-7,9-12,14,20H,3-4,8,13H2,1-2H3,(H,22,25). The molecule has 1 amide bonds. The Hall–Kier alpha value is -2.51. The third-order valence-electron chi connectivity index (χ3n) is 4.92. The van der Waals surface area contributed by atoms with E-state index in [9.17, 15) is 18.0 Å². The summed E-state index contributed by atoms with van der Waals surface area (Å²) in [4.78, 5) is 24.6. The molecule has 1 heterocycles. The Bertz CT molecular complexity index is 984. The molecule has 28 heavy (non-hydrogen) atoms. The van der Waals surface area contributed by atoms with E-state index >= 15 is 0 Å². The molecule has 0 aromatic heterocycles. The van der Waals surface area contributed by atoms with Crippen LogP contribution in [0, 0.1) is 6.92 Å². The van der Waals surface area contributed by atoms with E-state index in [4.69, 9.17) is 0 Å². The third-order valence-corrected chi connectivity index (χ3v) is 6.84. The molecule has 0 spiro atoms. The van der Waals surface area contributed by atoms with Gasteiger partial charge in [0.05, 0.1) is 4.90 Å². The number of nitrogens with zero attached hydrogens (tertiary/aromatic N) is 1. The highest BCUT2D eigenvalue weighted by Crippen LogP contribution is 2.26. The molecular weight excluding hydrogens is 376 g/mol. The first kappa shape index (κ1) is 20.2. The number of hydrogen-bond acceptors (Lipinski definition) is 4. The van der Waals surface area contributed by atoms with Crippen molar-refractivity contribution < 1.29 is 18.0 Å². The van der Waals surface area contributed by atoms with Crippen LogP contribution in [0.4, 0.5) is 5.69 Å². The van der Waals surface area contributed by atoms with E-state index in [0.717, 1.165) is 12.0 Å². The second kappa shape index (κ2) is 8.24. The predicted molar refractivity (Wildman–Crippen MR) is 108 cm³/mol. The first-order valence-corrected chi connectivity index (χ1v) is 10.7. The molecule has 1 fully saturated rings. The zero-order valence-corrected chi connectivity index (χ0v) is 16.8. The molecule has 1 saturated heterocycles. The summed E-state index contributed by atoms with van der Waals surface area (Å²) >= 11 is 0. The Kier molecular flexibility index (Phi) is 5.96. The monoisotopic (exact) mass is 400 g/mol. The van der Waals surface area contributed by atoms with Crippen molar-refractivity contribution >= 4 is 27.4 Å². The molecule has 6 nitrogen and oxygen atoms in total. The number of carbonyl (C=O) groups is 2. The smallest absolute Gasteiger partial charge is 0.243 e. The molecule has 0 aliphatic carbocycles. The maximum atomic E-state index is 13.1. The molecule has 1 aliphatic heterocycles. The van der Waals surface area contributed by atoms with Crippen molar-refractivity contribution in [1.29, 1.82) is 0 Å². The first-order chi connectivity index (χ1) is 13.3. The normalized spacial score (nSPS) is 17.9. The van der Waals surface area contributed by atoms with Crippen LogP contribution in [0.25, 0.3) is 0 Å². The van der Waals surface area contributed by atoms with E-state index in [-0.39, 0.29) is 16.6 Å². The quantitative estimate of drug-likeness (QED) is 0.780. The van der Waals surface area contributed by atoms with E-state index in [1.165, 1.54) is 11.2 Å². The van der Waals surface area contributed by atoms with Crippen LogP contribution in [-0.2, 0) is 14.8 Å². The van der Waals surface area contributed by atoms with E-state index in [2.05, 4.69) is 5.32 Å². The minimum atomic E-state index is -3.77. The molecule has 1 atom stereocenters. The molecule has 7 heteroatoms. The van der Waals surface area contributed by atoms with Crippen molar-refractivity contribution in [3.8, 4) is 0 Å². The Morgan fingerprint density at radius 3 is 2.46 bits per heavy atom. The fraction of sp³-hybridized carbons (Fsp3) is 0.333. The zero-order valence-electron chi connectivity index (χ0n) is 16.0. The van der Waals surface area contributed by atoms with Crippen LogP contribution in [-0.4, -0.2) is 37.0 Å². The molecule has 148 valence electrons. The van der Waals surface area contributed by atoms with Gasteiger partial charge in [0.25, 0.3) is 0 Å². The highest BCUT2D eigenvalue weighted by molar-refractivity contribution is 7.89. The molecule has 3 rings (SSSR count). The van der Waals surface area contributed by atoms with Crippen molar-refractivity contribution in [3.05, 3.63) is 59.7 Å². The number of carbonyl (C=O) groups excluding carboxylic acids is 2. The van der Waals surface area contributed by atoms with Crippen LogP contribution in [0.2, 0.25) is 0 Å². The van der Waals surface area contributed by atoms with Crippen molar-refractivity contribution in [2.45, 2.75) is 44.0 Å². The van der Waals surface area contributed by atoms with Gasteiger partial charge < -0.3 is 5.32 Å². The summed E-state index contributed by atoms with van der Waals surface area (Å²) in [5.74, 6) is -0.478. The third kappa shape index (κ3) is 4.31. The second-order valence-corrected chi connectivity index (χ2v) is 8.96. The molecular formula is C21H24N2O4S. The molecule has 1 aliphatic rings. The number of aryl methyl sites for hydroxylation is 1. The first-order valence-electron chi connectivity index (χ1n) is 9.29. The van der Waals surface area contributed by atoms with Gasteiger partial charge >= 0.3 is 0 Å². The van der Waals surface area contributed by atoms with Crippen molar-refractivity contribution in [3.63, 3.8) is 0 Å². The van der Waals surface area contributed by atoms with E-state index in [1.54, 1.807) is 48.5 Å². The fourth-order valence-corrected chi connectivity index (χ4v) is 5.00. The molecule has 1 unspecified atom stereocenters. The fourth-order valence-electron chi connectivity index (χ4n) is 3.34. The van der Waals surface area contributed by atoms with Crippen molar-refractivity contribution in [2.75, 3.05) is 11.9 Å². The maximum Gasteiger partial charge on any atom is 0.243 e. The van der Waals surface area contributed by atoms with E-state index in [0.29, 0.717) is 30.6 Å². The predicted octanol–water partition coefficient (Wildman–Crippen LogP) is 3.38. The maximum absolute atomic E-state index is 13.1. The highest BCUT2D eigenvalue weighted by Gasteiger charge is 2.37. The van der Waals surface area contributed by atoms with Gasteiger partial charge in [0.2, 0.25) is 15.9 Å². The Labute approximate surface area is 165 Å². The van der Waals surface area contributed by atoms with Gasteiger partial charge in [0.15, 0.2) is 5.78 Å². The van der Waals surface area contributed by atoms with Gasteiger partial charge in [-0.2, -0.15) is 4.31 Å². The van der Waals surface area contributed by atoms with Crippen molar-refractivity contribution in [1.82, 2.24) is 4.31 Å². The number of benzene rings is 2. The minimum absolute atomic E-state index is 0.0997. The van der Waals surface area contributed by atoms with Crippen LogP contribution in [0.3, 0.4) is 0 Å². The molecule has 0 saturated carbocycles. The number of anilines is 1. The number of amides is 1. The lowest BCUT2D eigenvalue weighted by atomic mass is 10.0. The Morgan fingerprint density at radius 1 is 1.07 bits per heavy atom. The molecule has 2 aromatic rings. The van der Waals surface area contributed by atoms with Gasteiger partial charge in [-0.15, -0.1) is 0 Å². The molecule has 1 N–H and O–H groups in total. The highest BCUT2D eigenvalue weighted by atomic mass is 32.2. The Morgan fingerprint density at radius 2 is 1.79 bits per heavy atom. The topological polar surface area (TPSA) is 83.6 Å². The number of piperidine rings is 1. The summed E-state index contributed by atoms with van der Waals surface area (Å²) in [6, 6.07) is 12.5. The second-order valence-electron chi connectivity index (χ2n) is 7.07. The number of rotatable bonds is 5. The molecule has 0 bridgehead atoms. The van der Waals surface area contributed by atoms with Crippen LogP contribution < -0.4 is 5.32 Å². The van der Waals surface area contributed by atoms with Crippen LogP contribution in [0.5, 0.6) is 0 Å². The SMILES string of the molecule is CC(=O)c1cccc(NC(=O)C2CCCCN2S(=O)(=O)c2ccc(C)cc2)c1. The van der Waals surface area contributed by atoms with Gasteiger partial charge in [-0.05, 0) is 51.0 Å². The lowest BCUT2D eigenvalue weighted by Gasteiger charge is -2.33.